The molecule has 2 fully saturated rings. The van der Waals surface area contributed by atoms with Crippen LogP contribution in [0.4, 0.5) is 0 Å². The van der Waals surface area contributed by atoms with Crippen LogP contribution in [-0.2, 0) is 11.3 Å². The van der Waals surface area contributed by atoms with Crippen LogP contribution in [0.15, 0.2) is 24.3 Å². The number of nitrogens with one attached hydrogen (secondary N) is 1. The first-order valence-corrected chi connectivity index (χ1v) is 7.72. The lowest BCUT2D eigenvalue weighted by Gasteiger charge is -2.28. The number of amides is 1. The normalized spacial score (nSPS) is 20.5. The smallest absolute Gasteiger partial charge is 0.254 e. The van der Waals surface area contributed by atoms with Crippen LogP contribution >= 0.6 is 0 Å². The van der Waals surface area contributed by atoms with Crippen LogP contribution in [0.2, 0.25) is 0 Å². The second-order valence-corrected chi connectivity index (χ2v) is 5.63. The minimum absolute atomic E-state index is 0.118. The van der Waals surface area contributed by atoms with Gasteiger partial charge in [0, 0.05) is 51.4 Å². The maximum Gasteiger partial charge on any atom is 0.254 e. The first kappa shape index (κ1) is 14.5. The number of benzene rings is 1. The minimum Gasteiger partial charge on any atom is -0.378 e. The second-order valence-electron chi connectivity index (χ2n) is 5.63. The van der Waals surface area contributed by atoms with E-state index in [1.165, 1.54) is 5.56 Å². The van der Waals surface area contributed by atoms with Gasteiger partial charge in [-0.05, 0) is 17.7 Å². The highest BCUT2D eigenvalue weighted by Gasteiger charge is 2.18. The fraction of sp³-hybridized carbons (Fsp3) is 0.562. The number of piperazine rings is 1. The van der Waals surface area contributed by atoms with Crippen LogP contribution in [0, 0.1) is 0 Å². The molecule has 114 valence electrons. The van der Waals surface area contributed by atoms with Gasteiger partial charge in [-0.2, -0.15) is 0 Å². The molecule has 0 spiro atoms. The van der Waals surface area contributed by atoms with Gasteiger partial charge in [0.15, 0.2) is 0 Å². The highest BCUT2D eigenvalue weighted by molar-refractivity contribution is 5.94. The fourth-order valence-electron chi connectivity index (χ4n) is 2.83. The summed E-state index contributed by atoms with van der Waals surface area (Å²) in [6.07, 6.45) is 0. The standard InChI is InChI=1S/C16H23N3O2/c20-16(19-9-11-21-12-10-19)15-3-1-14(2-4-15)13-18-7-5-17-6-8-18/h1-4,17H,5-13H2. The summed E-state index contributed by atoms with van der Waals surface area (Å²) in [5.74, 6) is 0.118. The maximum atomic E-state index is 12.4. The Balaban J connectivity index is 1.59. The molecule has 2 aliphatic rings. The van der Waals surface area contributed by atoms with Gasteiger partial charge in [0.05, 0.1) is 13.2 Å². The molecule has 0 bridgehead atoms. The van der Waals surface area contributed by atoms with Gasteiger partial charge in [-0.3, -0.25) is 9.69 Å². The van der Waals surface area contributed by atoms with Gasteiger partial charge in [-0.1, -0.05) is 12.1 Å². The van der Waals surface area contributed by atoms with Crippen LogP contribution in [0.5, 0.6) is 0 Å². The summed E-state index contributed by atoms with van der Waals surface area (Å²) < 4.78 is 5.28. The largest absolute Gasteiger partial charge is 0.378 e. The summed E-state index contributed by atoms with van der Waals surface area (Å²) in [5.41, 5.74) is 2.05. The molecule has 1 aromatic carbocycles. The summed E-state index contributed by atoms with van der Waals surface area (Å²) in [4.78, 5) is 16.7. The van der Waals surface area contributed by atoms with Crippen molar-refractivity contribution in [3.8, 4) is 0 Å². The van der Waals surface area contributed by atoms with Crippen molar-refractivity contribution in [1.29, 1.82) is 0 Å². The molecule has 1 amide bonds. The van der Waals surface area contributed by atoms with E-state index in [-0.39, 0.29) is 5.91 Å². The average molecular weight is 289 g/mol. The van der Waals surface area contributed by atoms with E-state index in [4.69, 9.17) is 4.74 Å². The van der Waals surface area contributed by atoms with Gasteiger partial charge in [-0.15, -0.1) is 0 Å². The highest BCUT2D eigenvalue weighted by atomic mass is 16.5. The van der Waals surface area contributed by atoms with E-state index in [1.54, 1.807) is 0 Å². The Morgan fingerprint density at radius 1 is 1.05 bits per heavy atom. The predicted octanol–water partition coefficient (Wildman–Crippen LogP) is 0.564. The molecule has 0 saturated carbocycles. The zero-order valence-electron chi connectivity index (χ0n) is 12.4. The summed E-state index contributed by atoms with van der Waals surface area (Å²) >= 11 is 0. The number of rotatable bonds is 3. The first-order chi connectivity index (χ1) is 10.3. The average Bonchev–Trinajstić information content (AvgIpc) is 2.57. The molecule has 0 aromatic heterocycles. The van der Waals surface area contributed by atoms with Crippen molar-refractivity contribution in [2.45, 2.75) is 6.54 Å². The maximum absolute atomic E-state index is 12.4. The minimum atomic E-state index is 0.118. The molecule has 1 N–H and O–H groups in total. The summed E-state index contributed by atoms with van der Waals surface area (Å²) in [7, 11) is 0. The van der Waals surface area contributed by atoms with Crippen LogP contribution in [-0.4, -0.2) is 68.2 Å². The molecule has 5 nitrogen and oxygen atoms in total. The van der Waals surface area contributed by atoms with E-state index >= 15 is 0 Å². The molecule has 2 saturated heterocycles. The lowest BCUT2D eigenvalue weighted by atomic mass is 10.1. The predicted molar refractivity (Wildman–Crippen MR) is 81.3 cm³/mol. The van der Waals surface area contributed by atoms with E-state index in [2.05, 4.69) is 22.3 Å². The number of carbonyl (C=O) groups excluding carboxylic acids is 1. The second kappa shape index (κ2) is 7.02. The molecular formula is C16H23N3O2. The summed E-state index contributed by atoms with van der Waals surface area (Å²) in [6, 6.07) is 8.07. The van der Waals surface area contributed by atoms with Crippen LogP contribution < -0.4 is 5.32 Å². The van der Waals surface area contributed by atoms with Crippen molar-refractivity contribution in [3.05, 3.63) is 35.4 Å². The summed E-state index contributed by atoms with van der Waals surface area (Å²) in [5, 5.41) is 3.36. The Labute approximate surface area is 125 Å². The number of hydrogen-bond donors (Lipinski definition) is 1. The van der Waals surface area contributed by atoms with Crippen molar-refractivity contribution in [2.75, 3.05) is 52.5 Å². The Morgan fingerprint density at radius 2 is 1.71 bits per heavy atom. The van der Waals surface area contributed by atoms with E-state index in [0.29, 0.717) is 26.3 Å². The zero-order valence-corrected chi connectivity index (χ0v) is 12.4. The SMILES string of the molecule is O=C(c1ccc(CN2CCNCC2)cc1)N1CCOCC1. The van der Waals surface area contributed by atoms with E-state index < -0.39 is 0 Å². The molecule has 1 aromatic rings. The number of carbonyl (C=O) groups is 1. The Hall–Kier alpha value is -1.43. The summed E-state index contributed by atoms with van der Waals surface area (Å²) in [6.45, 7) is 7.96. The van der Waals surface area contributed by atoms with Gasteiger partial charge in [0.1, 0.15) is 0 Å². The van der Waals surface area contributed by atoms with Gasteiger partial charge in [-0.25, -0.2) is 0 Å². The van der Waals surface area contributed by atoms with Gasteiger partial charge < -0.3 is 15.0 Å². The van der Waals surface area contributed by atoms with Crippen molar-refractivity contribution < 1.29 is 9.53 Å². The number of hydrogen-bond acceptors (Lipinski definition) is 4. The monoisotopic (exact) mass is 289 g/mol. The van der Waals surface area contributed by atoms with Crippen LogP contribution in [0.25, 0.3) is 0 Å². The van der Waals surface area contributed by atoms with Gasteiger partial charge in [0.2, 0.25) is 0 Å². The van der Waals surface area contributed by atoms with Gasteiger partial charge in [0.25, 0.3) is 5.91 Å². The van der Waals surface area contributed by atoms with Gasteiger partial charge >= 0.3 is 0 Å². The molecule has 3 rings (SSSR count). The Morgan fingerprint density at radius 3 is 2.38 bits per heavy atom. The first-order valence-electron chi connectivity index (χ1n) is 7.72. The molecule has 2 heterocycles. The number of ether oxygens (including phenoxy) is 1. The lowest BCUT2D eigenvalue weighted by Crippen LogP contribution is -2.42. The molecule has 0 atom stereocenters. The van der Waals surface area contributed by atoms with E-state index in [0.717, 1.165) is 38.3 Å². The topological polar surface area (TPSA) is 44.8 Å². The highest BCUT2D eigenvalue weighted by Crippen LogP contribution is 2.11. The van der Waals surface area contributed by atoms with E-state index in [1.807, 2.05) is 17.0 Å². The number of morpholine rings is 1. The van der Waals surface area contributed by atoms with Crippen LogP contribution in [0.3, 0.4) is 0 Å². The molecule has 21 heavy (non-hydrogen) atoms. The van der Waals surface area contributed by atoms with Crippen molar-refractivity contribution in [2.24, 2.45) is 0 Å². The lowest BCUT2D eigenvalue weighted by molar-refractivity contribution is 0.0303. The molecule has 5 heteroatoms. The Kier molecular flexibility index (Phi) is 4.85. The molecule has 0 unspecified atom stereocenters. The molecule has 0 radical (unpaired) electrons. The third kappa shape index (κ3) is 3.81. The molecule has 0 aliphatic carbocycles. The quantitative estimate of drug-likeness (QED) is 0.883. The van der Waals surface area contributed by atoms with Crippen molar-refractivity contribution >= 4 is 5.91 Å². The molecule has 2 aliphatic heterocycles. The number of nitrogens with zero attached hydrogens (tertiary/aromatic N) is 2. The van der Waals surface area contributed by atoms with Crippen molar-refractivity contribution in [3.63, 3.8) is 0 Å². The zero-order chi connectivity index (χ0) is 14.5. The van der Waals surface area contributed by atoms with Crippen molar-refractivity contribution in [1.82, 2.24) is 15.1 Å². The fourth-order valence-corrected chi connectivity index (χ4v) is 2.83. The van der Waals surface area contributed by atoms with Crippen LogP contribution in [0.1, 0.15) is 15.9 Å². The Bertz CT molecular complexity index is 463. The third-order valence-electron chi connectivity index (χ3n) is 4.11. The van der Waals surface area contributed by atoms with E-state index in [9.17, 15) is 4.79 Å². The molecular weight excluding hydrogens is 266 g/mol. The third-order valence-corrected chi connectivity index (χ3v) is 4.11.